The molecule has 0 unspecified atom stereocenters. The maximum Gasteiger partial charge on any atom is 0.262 e. The molecule has 0 spiro atoms. The fraction of sp³-hybridized carbons (Fsp3) is 0.240. The van der Waals surface area contributed by atoms with Gasteiger partial charge >= 0.3 is 0 Å². The molecule has 1 amide bonds. The van der Waals surface area contributed by atoms with Gasteiger partial charge in [-0.25, -0.2) is 4.98 Å². The summed E-state index contributed by atoms with van der Waals surface area (Å²) in [6.07, 6.45) is 2.68. The number of hydrogen-bond acceptors (Lipinski definition) is 5. The van der Waals surface area contributed by atoms with E-state index in [0.717, 1.165) is 19.3 Å². The molecule has 2 heterocycles. The quantitative estimate of drug-likeness (QED) is 0.323. The summed E-state index contributed by atoms with van der Waals surface area (Å²) in [5.41, 5.74) is 3.13. The van der Waals surface area contributed by atoms with Crippen molar-refractivity contribution < 1.29 is 4.79 Å². The van der Waals surface area contributed by atoms with E-state index in [2.05, 4.69) is 23.5 Å². The Morgan fingerprint density at radius 3 is 2.84 bits per heavy atom. The van der Waals surface area contributed by atoms with E-state index in [9.17, 15) is 9.59 Å². The normalized spacial score (nSPS) is 15.1. The SMILES string of the molecule is O=C(CSc1nc2ccccc2c(=O)n1CCc1cccs1)N[C@@H]1CCc2ccccc21. The van der Waals surface area contributed by atoms with Gasteiger partial charge in [0.15, 0.2) is 5.16 Å². The van der Waals surface area contributed by atoms with Crippen molar-refractivity contribution in [2.75, 3.05) is 5.75 Å². The Hall–Kier alpha value is -2.90. The van der Waals surface area contributed by atoms with Crippen LogP contribution < -0.4 is 10.9 Å². The van der Waals surface area contributed by atoms with Gasteiger partial charge in [-0.05, 0) is 54.0 Å². The third kappa shape index (κ3) is 4.36. The van der Waals surface area contributed by atoms with Gasteiger partial charge in [0.1, 0.15) is 0 Å². The molecule has 1 aliphatic rings. The van der Waals surface area contributed by atoms with E-state index in [1.165, 1.54) is 27.8 Å². The first-order valence-electron chi connectivity index (χ1n) is 10.7. The predicted molar refractivity (Wildman–Crippen MR) is 130 cm³/mol. The minimum atomic E-state index is -0.0558. The van der Waals surface area contributed by atoms with Crippen molar-refractivity contribution in [3.05, 3.63) is 92.4 Å². The van der Waals surface area contributed by atoms with Crippen molar-refractivity contribution in [1.29, 1.82) is 0 Å². The first kappa shape index (κ1) is 21.0. The van der Waals surface area contributed by atoms with Crippen LogP contribution in [-0.4, -0.2) is 21.2 Å². The number of benzene rings is 2. The van der Waals surface area contributed by atoms with Crippen LogP contribution in [0.25, 0.3) is 10.9 Å². The molecule has 2 aromatic heterocycles. The van der Waals surface area contributed by atoms with Crippen molar-refractivity contribution in [2.24, 2.45) is 0 Å². The lowest BCUT2D eigenvalue weighted by atomic mass is 10.1. The first-order valence-corrected chi connectivity index (χ1v) is 12.6. The molecule has 32 heavy (non-hydrogen) atoms. The Labute approximate surface area is 194 Å². The average molecular weight is 462 g/mol. The molecular formula is C25H23N3O2S2. The molecule has 1 aliphatic carbocycles. The third-order valence-corrected chi connectivity index (χ3v) is 7.70. The zero-order valence-corrected chi connectivity index (χ0v) is 19.1. The van der Waals surface area contributed by atoms with Crippen LogP contribution >= 0.6 is 23.1 Å². The number of nitrogens with zero attached hydrogens (tertiary/aromatic N) is 2. The zero-order valence-electron chi connectivity index (χ0n) is 17.5. The number of aromatic nitrogens is 2. The molecule has 1 atom stereocenters. The molecular weight excluding hydrogens is 438 g/mol. The Kier molecular flexibility index (Phi) is 6.10. The number of hydrogen-bond donors (Lipinski definition) is 1. The summed E-state index contributed by atoms with van der Waals surface area (Å²) >= 11 is 3.01. The smallest absolute Gasteiger partial charge is 0.262 e. The number of carbonyl (C=O) groups is 1. The van der Waals surface area contributed by atoms with Gasteiger partial charge in [0.25, 0.3) is 5.56 Å². The fourth-order valence-electron chi connectivity index (χ4n) is 4.21. The summed E-state index contributed by atoms with van der Waals surface area (Å²) in [7, 11) is 0. The van der Waals surface area contributed by atoms with Crippen LogP contribution in [-0.2, 0) is 24.2 Å². The number of thioether (sulfide) groups is 1. The van der Waals surface area contributed by atoms with E-state index in [1.807, 2.05) is 47.8 Å². The van der Waals surface area contributed by atoms with Gasteiger partial charge in [-0.3, -0.25) is 14.2 Å². The fourth-order valence-corrected chi connectivity index (χ4v) is 5.74. The zero-order chi connectivity index (χ0) is 21.9. The van der Waals surface area contributed by atoms with Crippen molar-refractivity contribution in [1.82, 2.24) is 14.9 Å². The summed E-state index contributed by atoms with van der Waals surface area (Å²) in [6, 6.07) is 19.8. The highest BCUT2D eigenvalue weighted by Crippen LogP contribution is 2.31. The summed E-state index contributed by atoms with van der Waals surface area (Å²) in [5.74, 6) is 0.187. The average Bonchev–Trinajstić information content (AvgIpc) is 3.48. The van der Waals surface area contributed by atoms with Crippen LogP contribution in [0.1, 0.15) is 28.5 Å². The van der Waals surface area contributed by atoms with Gasteiger partial charge in [0, 0.05) is 11.4 Å². The van der Waals surface area contributed by atoms with Crippen LogP contribution in [0.15, 0.2) is 76.0 Å². The summed E-state index contributed by atoms with van der Waals surface area (Å²) < 4.78 is 1.71. The molecule has 7 heteroatoms. The van der Waals surface area contributed by atoms with Crippen LogP contribution in [0.5, 0.6) is 0 Å². The largest absolute Gasteiger partial charge is 0.349 e. The van der Waals surface area contributed by atoms with Gasteiger partial charge < -0.3 is 5.32 Å². The van der Waals surface area contributed by atoms with Gasteiger partial charge in [0.2, 0.25) is 5.91 Å². The standard InChI is InChI=1S/C25H23N3O2S2/c29-23(26-22-12-11-17-6-1-2-8-19(17)22)16-32-25-27-21-10-4-3-9-20(21)24(30)28(25)14-13-18-7-5-15-31-18/h1-10,15,22H,11-14,16H2,(H,26,29)/t22-/m1/s1. The van der Waals surface area contributed by atoms with E-state index in [1.54, 1.807) is 15.9 Å². The van der Waals surface area contributed by atoms with Crippen molar-refractivity contribution in [3.8, 4) is 0 Å². The number of nitrogens with one attached hydrogen (secondary N) is 1. The molecule has 0 bridgehead atoms. The van der Waals surface area contributed by atoms with Crippen LogP contribution in [0.4, 0.5) is 0 Å². The Balaban J connectivity index is 1.34. The van der Waals surface area contributed by atoms with Crippen molar-refractivity contribution >= 4 is 39.9 Å². The van der Waals surface area contributed by atoms with Crippen LogP contribution in [0.3, 0.4) is 0 Å². The highest BCUT2D eigenvalue weighted by Gasteiger charge is 2.23. The second-order valence-electron chi connectivity index (χ2n) is 7.84. The molecule has 162 valence electrons. The molecule has 1 N–H and O–H groups in total. The molecule has 0 saturated heterocycles. The number of para-hydroxylation sites is 1. The summed E-state index contributed by atoms with van der Waals surface area (Å²) in [5, 5.41) is 6.39. The van der Waals surface area contributed by atoms with E-state index in [0.29, 0.717) is 22.6 Å². The Bertz CT molecular complexity index is 1310. The number of thiophene rings is 1. The number of fused-ring (bicyclic) bond motifs is 2. The maximum atomic E-state index is 13.2. The minimum absolute atomic E-state index is 0.0380. The summed E-state index contributed by atoms with van der Waals surface area (Å²) in [6.45, 7) is 0.539. The van der Waals surface area contributed by atoms with Crippen molar-refractivity contribution in [2.45, 2.75) is 37.0 Å². The second kappa shape index (κ2) is 9.30. The van der Waals surface area contributed by atoms with E-state index >= 15 is 0 Å². The van der Waals surface area contributed by atoms with Crippen LogP contribution in [0, 0.1) is 0 Å². The molecule has 2 aromatic carbocycles. The highest BCUT2D eigenvalue weighted by atomic mass is 32.2. The van der Waals surface area contributed by atoms with Crippen molar-refractivity contribution in [3.63, 3.8) is 0 Å². The third-order valence-electron chi connectivity index (χ3n) is 5.79. The molecule has 5 nitrogen and oxygen atoms in total. The van der Waals surface area contributed by atoms with Gasteiger partial charge in [-0.15, -0.1) is 11.3 Å². The highest BCUT2D eigenvalue weighted by molar-refractivity contribution is 7.99. The topological polar surface area (TPSA) is 64.0 Å². The number of rotatable bonds is 7. The molecule has 0 radical (unpaired) electrons. The molecule has 0 fully saturated rings. The molecule has 0 saturated carbocycles. The maximum absolute atomic E-state index is 13.2. The summed E-state index contributed by atoms with van der Waals surface area (Å²) in [4.78, 5) is 31.9. The van der Waals surface area contributed by atoms with Gasteiger partial charge in [-0.2, -0.15) is 0 Å². The van der Waals surface area contributed by atoms with Gasteiger partial charge in [0.05, 0.1) is 22.7 Å². The predicted octanol–water partition coefficient (Wildman–Crippen LogP) is 4.60. The first-order chi connectivity index (χ1) is 15.7. The number of aryl methyl sites for hydroxylation is 2. The molecule has 0 aliphatic heterocycles. The van der Waals surface area contributed by atoms with Gasteiger partial charge in [-0.1, -0.05) is 54.2 Å². The number of amides is 1. The van der Waals surface area contributed by atoms with Crippen LogP contribution in [0.2, 0.25) is 0 Å². The second-order valence-corrected chi connectivity index (χ2v) is 9.82. The minimum Gasteiger partial charge on any atom is -0.349 e. The Morgan fingerprint density at radius 2 is 1.97 bits per heavy atom. The Morgan fingerprint density at radius 1 is 1.12 bits per heavy atom. The van der Waals surface area contributed by atoms with E-state index in [-0.39, 0.29) is 23.3 Å². The lowest BCUT2D eigenvalue weighted by Gasteiger charge is -2.15. The lowest BCUT2D eigenvalue weighted by molar-refractivity contribution is -0.119. The molecule has 4 aromatic rings. The number of carbonyl (C=O) groups excluding carboxylic acids is 1. The molecule has 5 rings (SSSR count). The monoisotopic (exact) mass is 461 g/mol. The van der Waals surface area contributed by atoms with E-state index in [4.69, 9.17) is 4.98 Å². The van der Waals surface area contributed by atoms with E-state index < -0.39 is 0 Å². The lowest BCUT2D eigenvalue weighted by Crippen LogP contribution is -2.29.